The van der Waals surface area contributed by atoms with Crippen LogP contribution in [0.25, 0.3) is 5.76 Å². The third-order valence-electron chi connectivity index (χ3n) is 5.55. The van der Waals surface area contributed by atoms with Gasteiger partial charge in [0.05, 0.1) is 29.9 Å². The normalized spacial score (nSPS) is 17.1. The Morgan fingerprint density at radius 2 is 1.65 bits per heavy atom. The molecule has 0 aliphatic carbocycles. The molecule has 0 saturated carbocycles. The zero-order chi connectivity index (χ0) is 24.2. The first kappa shape index (κ1) is 22.8. The van der Waals surface area contributed by atoms with Crippen LogP contribution >= 0.6 is 0 Å². The fourth-order valence-corrected chi connectivity index (χ4v) is 3.87. The van der Waals surface area contributed by atoms with Crippen LogP contribution in [0.1, 0.15) is 36.6 Å². The quantitative estimate of drug-likeness (QED) is 0.315. The van der Waals surface area contributed by atoms with E-state index in [1.807, 2.05) is 36.4 Å². The Morgan fingerprint density at radius 3 is 2.24 bits per heavy atom. The number of ketones is 1. The lowest BCUT2D eigenvalue weighted by molar-refractivity contribution is -0.132. The minimum Gasteiger partial charge on any atom is -0.507 e. The molecule has 1 aliphatic heterocycles. The number of anilines is 1. The molecule has 34 heavy (non-hydrogen) atoms. The molecule has 1 atom stereocenters. The maximum absolute atomic E-state index is 13.2. The van der Waals surface area contributed by atoms with Gasteiger partial charge >= 0.3 is 0 Å². The molecule has 3 aromatic rings. The molecule has 4 rings (SSSR count). The zero-order valence-corrected chi connectivity index (χ0v) is 18.9. The van der Waals surface area contributed by atoms with E-state index in [0.29, 0.717) is 40.7 Å². The molecule has 6 heteroatoms. The lowest BCUT2D eigenvalue weighted by Gasteiger charge is -2.25. The van der Waals surface area contributed by atoms with Gasteiger partial charge in [-0.05, 0) is 60.0 Å². The number of benzene rings is 3. The summed E-state index contributed by atoms with van der Waals surface area (Å²) in [7, 11) is 0. The highest BCUT2D eigenvalue weighted by Gasteiger charge is 2.46. The standard InChI is InChI=1S/C28H24N2O4/c1-18(2)17-34-23-14-10-21(11-15-23)26(31)24-25(20-6-4-3-5-7-20)30(28(33)27(24)32)22-12-8-19(16-29)9-13-22/h3-15,18,25,31H,17H2,1-2H3/b26-24+. The van der Waals surface area contributed by atoms with Gasteiger partial charge in [0.25, 0.3) is 11.7 Å². The minimum atomic E-state index is -0.814. The maximum Gasteiger partial charge on any atom is 0.300 e. The average Bonchev–Trinajstić information content (AvgIpc) is 3.13. The molecule has 1 aliphatic rings. The summed E-state index contributed by atoms with van der Waals surface area (Å²) >= 11 is 0. The van der Waals surface area contributed by atoms with Gasteiger partial charge in [-0.1, -0.05) is 44.2 Å². The average molecular weight is 453 g/mol. The van der Waals surface area contributed by atoms with Crippen LogP contribution in [0.15, 0.2) is 84.4 Å². The number of ether oxygens (including phenoxy) is 1. The lowest BCUT2D eigenvalue weighted by atomic mass is 9.95. The van der Waals surface area contributed by atoms with Gasteiger partial charge in [0.15, 0.2) is 0 Å². The molecule has 1 amide bonds. The van der Waals surface area contributed by atoms with Crippen LogP contribution in [-0.2, 0) is 9.59 Å². The fourth-order valence-electron chi connectivity index (χ4n) is 3.87. The summed E-state index contributed by atoms with van der Waals surface area (Å²) < 4.78 is 5.70. The summed E-state index contributed by atoms with van der Waals surface area (Å²) in [6.45, 7) is 4.67. The fraction of sp³-hybridized carbons (Fsp3) is 0.179. The van der Waals surface area contributed by atoms with Gasteiger partial charge in [0, 0.05) is 11.3 Å². The summed E-state index contributed by atoms with van der Waals surface area (Å²) in [6.07, 6.45) is 0. The summed E-state index contributed by atoms with van der Waals surface area (Å²) in [5.41, 5.74) is 2.01. The van der Waals surface area contributed by atoms with Crippen molar-refractivity contribution in [2.75, 3.05) is 11.5 Å². The first-order valence-electron chi connectivity index (χ1n) is 11.0. The molecule has 0 radical (unpaired) electrons. The monoisotopic (exact) mass is 452 g/mol. The molecular formula is C28H24N2O4. The van der Waals surface area contributed by atoms with Gasteiger partial charge < -0.3 is 9.84 Å². The highest BCUT2D eigenvalue weighted by molar-refractivity contribution is 6.51. The number of amides is 1. The van der Waals surface area contributed by atoms with Crippen LogP contribution in [-0.4, -0.2) is 23.4 Å². The second-order valence-corrected chi connectivity index (χ2v) is 8.47. The van der Waals surface area contributed by atoms with E-state index in [9.17, 15) is 14.7 Å². The van der Waals surface area contributed by atoms with Gasteiger partial charge in [-0.3, -0.25) is 14.5 Å². The van der Waals surface area contributed by atoms with Crippen molar-refractivity contribution in [2.45, 2.75) is 19.9 Å². The van der Waals surface area contributed by atoms with Crippen molar-refractivity contribution in [2.24, 2.45) is 5.92 Å². The van der Waals surface area contributed by atoms with E-state index >= 15 is 0 Å². The zero-order valence-electron chi connectivity index (χ0n) is 18.9. The van der Waals surface area contributed by atoms with Gasteiger partial charge in [-0.15, -0.1) is 0 Å². The summed E-state index contributed by atoms with van der Waals surface area (Å²) in [5.74, 6) is -0.730. The van der Waals surface area contributed by atoms with Crippen molar-refractivity contribution >= 4 is 23.1 Å². The Labute approximate surface area is 198 Å². The molecule has 1 saturated heterocycles. The third-order valence-corrected chi connectivity index (χ3v) is 5.55. The Hall–Kier alpha value is -4.37. The van der Waals surface area contributed by atoms with Crippen LogP contribution < -0.4 is 9.64 Å². The second-order valence-electron chi connectivity index (χ2n) is 8.47. The van der Waals surface area contributed by atoms with Crippen LogP contribution in [0.2, 0.25) is 0 Å². The van der Waals surface area contributed by atoms with Crippen LogP contribution in [0.4, 0.5) is 5.69 Å². The number of rotatable bonds is 6. The molecule has 0 spiro atoms. The SMILES string of the molecule is CC(C)COc1ccc(/C(O)=C2\C(=O)C(=O)N(c3ccc(C#N)cc3)C2c2ccccc2)cc1. The topological polar surface area (TPSA) is 90.6 Å². The molecule has 1 heterocycles. The van der Waals surface area contributed by atoms with Gasteiger partial charge in [0.1, 0.15) is 11.5 Å². The number of Topliss-reactive ketones (excluding diaryl/α,β-unsaturated/α-hetero) is 1. The molecule has 3 aromatic carbocycles. The molecule has 6 nitrogen and oxygen atoms in total. The van der Waals surface area contributed by atoms with Crippen molar-refractivity contribution in [1.29, 1.82) is 5.26 Å². The molecule has 1 fully saturated rings. The predicted octanol–water partition coefficient (Wildman–Crippen LogP) is 5.22. The largest absolute Gasteiger partial charge is 0.507 e. The number of carbonyl (C=O) groups is 2. The third kappa shape index (κ3) is 4.41. The Morgan fingerprint density at radius 1 is 1.00 bits per heavy atom. The van der Waals surface area contributed by atoms with E-state index in [0.717, 1.165) is 0 Å². The van der Waals surface area contributed by atoms with Crippen molar-refractivity contribution in [3.63, 3.8) is 0 Å². The first-order valence-corrected chi connectivity index (χ1v) is 11.0. The van der Waals surface area contributed by atoms with E-state index in [1.54, 1.807) is 48.5 Å². The number of carbonyl (C=O) groups excluding carboxylic acids is 2. The van der Waals surface area contributed by atoms with E-state index in [1.165, 1.54) is 4.90 Å². The molecule has 0 aromatic heterocycles. The maximum atomic E-state index is 13.2. The highest BCUT2D eigenvalue weighted by atomic mass is 16.5. The molecular weight excluding hydrogens is 428 g/mol. The molecule has 0 bridgehead atoms. The minimum absolute atomic E-state index is 0.0106. The highest BCUT2D eigenvalue weighted by Crippen LogP contribution is 2.42. The van der Waals surface area contributed by atoms with Crippen LogP contribution in [0.5, 0.6) is 5.75 Å². The summed E-state index contributed by atoms with van der Waals surface area (Å²) in [6, 6.07) is 23.5. The van der Waals surface area contributed by atoms with Gasteiger partial charge in [-0.2, -0.15) is 5.26 Å². The van der Waals surface area contributed by atoms with Gasteiger partial charge in [0.2, 0.25) is 0 Å². The van der Waals surface area contributed by atoms with E-state index < -0.39 is 17.7 Å². The molecule has 170 valence electrons. The van der Waals surface area contributed by atoms with E-state index in [2.05, 4.69) is 13.8 Å². The Balaban J connectivity index is 1.79. The van der Waals surface area contributed by atoms with Crippen molar-refractivity contribution < 1.29 is 19.4 Å². The number of hydrogen-bond donors (Lipinski definition) is 1. The predicted molar refractivity (Wildman–Crippen MR) is 129 cm³/mol. The first-order chi connectivity index (χ1) is 16.4. The smallest absolute Gasteiger partial charge is 0.300 e. The van der Waals surface area contributed by atoms with E-state index in [-0.39, 0.29) is 11.3 Å². The van der Waals surface area contributed by atoms with Crippen LogP contribution in [0.3, 0.4) is 0 Å². The number of hydrogen-bond acceptors (Lipinski definition) is 5. The van der Waals surface area contributed by atoms with Crippen molar-refractivity contribution in [3.05, 3.63) is 101 Å². The van der Waals surface area contributed by atoms with Crippen molar-refractivity contribution in [1.82, 2.24) is 0 Å². The number of aliphatic hydroxyl groups excluding tert-OH is 1. The van der Waals surface area contributed by atoms with Crippen molar-refractivity contribution in [3.8, 4) is 11.8 Å². The summed E-state index contributed by atoms with van der Waals surface area (Å²) in [5, 5.41) is 20.3. The Bertz CT molecular complexity index is 1270. The molecule has 1 N–H and O–H groups in total. The number of nitrogens with zero attached hydrogens (tertiary/aromatic N) is 2. The lowest BCUT2D eigenvalue weighted by Crippen LogP contribution is -2.29. The van der Waals surface area contributed by atoms with E-state index in [4.69, 9.17) is 10.00 Å². The Kier molecular flexibility index (Phi) is 6.46. The number of aliphatic hydroxyl groups is 1. The molecule has 1 unspecified atom stereocenters. The van der Waals surface area contributed by atoms with Gasteiger partial charge in [-0.25, -0.2) is 0 Å². The van der Waals surface area contributed by atoms with Crippen LogP contribution in [0, 0.1) is 17.2 Å². The number of nitriles is 1. The summed E-state index contributed by atoms with van der Waals surface area (Å²) in [4.78, 5) is 27.7. The second kappa shape index (κ2) is 9.63.